The van der Waals surface area contributed by atoms with Gasteiger partial charge in [0.05, 0.1) is 25.4 Å². The first-order valence-corrected chi connectivity index (χ1v) is 27.7. The predicted molar refractivity (Wildman–Crippen MR) is 281 cm³/mol. The lowest BCUT2D eigenvalue weighted by Gasteiger charge is -2.40. The average molecular weight is 942 g/mol. The SMILES string of the molecule is CC/C=C\C/C=C\C/C=C\C/C=C\C/C=C\CCCCCCCCCCCC(=O)NC(COC1OC(CO)C(O)C(O)C1O)C(O)/C=C/CCCCCCCCCCCCCCCCCCC. The molecule has 7 atom stereocenters. The van der Waals surface area contributed by atoms with Crippen LogP contribution in [0.25, 0.3) is 0 Å². The smallest absolute Gasteiger partial charge is 0.220 e. The zero-order valence-corrected chi connectivity index (χ0v) is 42.9. The highest BCUT2D eigenvalue weighted by Gasteiger charge is 2.44. The number of aliphatic hydroxyl groups excluding tert-OH is 5. The number of rotatable bonds is 46. The zero-order chi connectivity index (χ0) is 48.7. The Morgan fingerprint density at radius 1 is 0.522 bits per heavy atom. The Bertz CT molecular complexity index is 1280. The van der Waals surface area contributed by atoms with Gasteiger partial charge >= 0.3 is 0 Å². The summed E-state index contributed by atoms with van der Waals surface area (Å²) < 4.78 is 11.3. The minimum Gasteiger partial charge on any atom is -0.394 e. The third-order valence-electron chi connectivity index (χ3n) is 12.8. The maximum atomic E-state index is 13.0. The topological polar surface area (TPSA) is 149 Å². The van der Waals surface area contributed by atoms with Gasteiger partial charge in [0.15, 0.2) is 6.29 Å². The fourth-order valence-electron chi connectivity index (χ4n) is 8.42. The summed E-state index contributed by atoms with van der Waals surface area (Å²) in [5, 5.41) is 54.5. The number of carbonyl (C=O) groups is 1. The molecule has 9 nitrogen and oxygen atoms in total. The highest BCUT2D eigenvalue weighted by Crippen LogP contribution is 2.23. The van der Waals surface area contributed by atoms with E-state index in [2.05, 4.69) is 79.9 Å². The number of aliphatic hydroxyl groups is 5. The van der Waals surface area contributed by atoms with E-state index in [0.717, 1.165) is 83.5 Å². The molecule has 0 spiro atoms. The number of hydrogen-bond donors (Lipinski definition) is 6. The molecule has 67 heavy (non-hydrogen) atoms. The maximum absolute atomic E-state index is 13.0. The van der Waals surface area contributed by atoms with Gasteiger partial charge in [-0.15, -0.1) is 0 Å². The molecule has 0 aromatic rings. The van der Waals surface area contributed by atoms with Crippen LogP contribution in [0.15, 0.2) is 72.9 Å². The number of nitrogens with one attached hydrogen (secondary N) is 1. The summed E-state index contributed by atoms with van der Waals surface area (Å²) >= 11 is 0. The van der Waals surface area contributed by atoms with E-state index in [-0.39, 0.29) is 12.5 Å². The summed E-state index contributed by atoms with van der Waals surface area (Å²) in [7, 11) is 0. The molecule has 9 heteroatoms. The lowest BCUT2D eigenvalue weighted by Crippen LogP contribution is -2.60. The Morgan fingerprint density at radius 2 is 0.925 bits per heavy atom. The Hall–Kier alpha value is -2.37. The van der Waals surface area contributed by atoms with E-state index in [4.69, 9.17) is 9.47 Å². The molecule has 0 aliphatic carbocycles. The lowest BCUT2D eigenvalue weighted by molar-refractivity contribution is -0.302. The maximum Gasteiger partial charge on any atom is 0.220 e. The molecule has 1 amide bonds. The molecule has 1 aliphatic rings. The van der Waals surface area contributed by atoms with Gasteiger partial charge in [-0.2, -0.15) is 0 Å². The highest BCUT2D eigenvalue weighted by atomic mass is 16.7. The van der Waals surface area contributed by atoms with Crippen molar-refractivity contribution < 1.29 is 39.8 Å². The van der Waals surface area contributed by atoms with Gasteiger partial charge < -0.3 is 40.3 Å². The van der Waals surface area contributed by atoms with Crippen molar-refractivity contribution in [2.24, 2.45) is 0 Å². The van der Waals surface area contributed by atoms with E-state index in [9.17, 15) is 30.3 Å². The molecular weight excluding hydrogens is 839 g/mol. The van der Waals surface area contributed by atoms with Gasteiger partial charge in [0, 0.05) is 6.42 Å². The molecule has 1 fully saturated rings. The lowest BCUT2D eigenvalue weighted by atomic mass is 9.99. The summed E-state index contributed by atoms with van der Waals surface area (Å²) in [6.45, 7) is 3.67. The van der Waals surface area contributed by atoms with Crippen molar-refractivity contribution in [1.82, 2.24) is 5.32 Å². The fourth-order valence-corrected chi connectivity index (χ4v) is 8.42. The van der Waals surface area contributed by atoms with Gasteiger partial charge in [0.1, 0.15) is 24.4 Å². The molecule has 6 N–H and O–H groups in total. The first kappa shape index (κ1) is 62.6. The van der Waals surface area contributed by atoms with Gasteiger partial charge in [-0.05, 0) is 64.2 Å². The van der Waals surface area contributed by atoms with Crippen LogP contribution in [0.5, 0.6) is 0 Å². The molecule has 388 valence electrons. The van der Waals surface area contributed by atoms with E-state index in [0.29, 0.717) is 6.42 Å². The van der Waals surface area contributed by atoms with Crippen LogP contribution in [0, 0.1) is 0 Å². The molecular formula is C58H103NO8. The predicted octanol–water partition coefficient (Wildman–Crippen LogP) is 13.3. The Morgan fingerprint density at radius 3 is 1.37 bits per heavy atom. The van der Waals surface area contributed by atoms with E-state index in [1.165, 1.54) is 128 Å². The summed E-state index contributed by atoms with van der Waals surface area (Å²) in [6, 6.07) is -0.812. The van der Waals surface area contributed by atoms with Gasteiger partial charge in [-0.3, -0.25) is 4.79 Å². The van der Waals surface area contributed by atoms with Crippen molar-refractivity contribution in [2.75, 3.05) is 13.2 Å². The normalized spacial score (nSPS) is 20.3. The molecule has 0 aromatic carbocycles. The fraction of sp³-hybridized carbons (Fsp3) is 0.776. The first-order valence-electron chi connectivity index (χ1n) is 27.7. The van der Waals surface area contributed by atoms with Crippen LogP contribution in [0.4, 0.5) is 0 Å². The van der Waals surface area contributed by atoms with Gasteiger partial charge in [-0.1, -0.05) is 234 Å². The van der Waals surface area contributed by atoms with Crippen molar-refractivity contribution in [3.63, 3.8) is 0 Å². The molecule has 0 bridgehead atoms. The van der Waals surface area contributed by atoms with Crippen LogP contribution in [0.2, 0.25) is 0 Å². The van der Waals surface area contributed by atoms with Crippen LogP contribution in [0.1, 0.15) is 232 Å². The number of allylic oxidation sites excluding steroid dienone is 11. The number of carbonyl (C=O) groups excluding carboxylic acids is 1. The third kappa shape index (κ3) is 37.2. The summed E-state index contributed by atoms with van der Waals surface area (Å²) in [6.07, 6.45) is 58.0. The zero-order valence-electron chi connectivity index (χ0n) is 42.9. The van der Waals surface area contributed by atoms with E-state index in [1.54, 1.807) is 6.08 Å². The monoisotopic (exact) mass is 942 g/mol. The molecule has 1 heterocycles. The number of unbranched alkanes of at least 4 members (excludes halogenated alkanes) is 26. The summed E-state index contributed by atoms with van der Waals surface area (Å²) in [5.41, 5.74) is 0. The molecule has 0 radical (unpaired) electrons. The third-order valence-corrected chi connectivity index (χ3v) is 12.8. The molecule has 1 saturated heterocycles. The Kier molecular flexibility index (Phi) is 44.2. The molecule has 0 aromatic heterocycles. The quantitative estimate of drug-likeness (QED) is 0.0261. The second-order valence-electron chi connectivity index (χ2n) is 19.0. The average Bonchev–Trinajstić information content (AvgIpc) is 3.33. The Labute approximate surface area is 410 Å². The van der Waals surface area contributed by atoms with E-state index < -0.39 is 49.5 Å². The minimum atomic E-state index is -1.57. The van der Waals surface area contributed by atoms with Crippen LogP contribution in [-0.4, -0.2) is 87.5 Å². The van der Waals surface area contributed by atoms with Crippen LogP contribution < -0.4 is 5.32 Å². The largest absolute Gasteiger partial charge is 0.394 e. The molecule has 0 saturated carbocycles. The van der Waals surface area contributed by atoms with Gasteiger partial charge in [-0.25, -0.2) is 0 Å². The Balaban J connectivity index is 2.26. The van der Waals surface area contributed by atoms with Crippen molar-refractivity contribution in [2.45, 2.75) is 275 Å². The van der Waals surface area contributed by atoms with Crippen LogP contribution >= 0.6 is 0 Å². The molecule has 7 unspecified atom stereocenters. The van der Waals surface area contributed by atoms with Gasteiger partial charge in [0.25, 0.3) is 0 Å². The minimum absolute atomic E-state index is 0.185. The van der Waals surface area contributed by atoms with Crippen LogP contribution in [-0.2, 0) is 14.3 Å². The standard InChI is InChI=1S/C58H103NO8/c1-3-5-7-9-11-13-15-17-19-21-23-24-25-26-27-28-30-32-34-36-38-40-42-44-46-48-54(62)59-51(50-66-58-57(65)56(64)55(63)53(49-60)67-58)52(61)47-45-43-41-39-37-35-33-31-29-22-20-18-16-14-12-10-8-6-4-2/h5,7,11,13,17,19,23-24,26-27,45,47,51-53,55-58,60-61,63-65H,3-4,6,8-10,12,14-16,18,20-22,25,28-44,46,48-50H2,1-2H3,(H,59,62)/b7-5-,13-11-,19-17-,24-23-,27-26-,47-45+. The van der Waals surface area contributed by atoms with Gasteiger partial charge in [0.2, 0.25) is 5.91 Å². The van der Waals surface area contributed by atoms with E-state index in [1.807, 2.05) is 6.08 Å². The van der Waals surface area contributed by atoms with Crippen molar-refractivity contribution in [3.8, 4) is 0 Å². The highest BCUT2D eigenvalue weighted by molar-refractivity contribution is 5.76. The first-order chi connectivity index (χ1) is 32.8. The summed E-state index contributed by atoms with van der Waals surface area (Å²) in [4.78, 5) is 13.0. The molecule has 1 rings (SSSR count). The number of ether oxygens (including phenoxy) is 2. The number of hydrogen-bond acceptors (Lipinski definition) is 8. The second-order valence-corrected chi connectivity index (χ2v) is 19.0. The van der Waals surface area contributed by atoms with Crippen molar-refractivity contribution >= 4 is 5.91 Å². The van der Waals surface area contributed by atoms with Crippen LogP contribution in [0.3, 0.4) is 0 Å². The van der Waals surface area contributed by atoms with Crippen molar-refractivity contribution in [1.29, 1.82) is 0 Å². The summed E-state index contributed by atoms with van der Waals surface area (Å²) in [5.74, 6) is -0.185. The van der Waals surface area contributed by atoms with Crippen molar-refractivity contribution in [3.05, 3.63) is 72.9 Å². The van der Waals surface area contributed by atoms with E-state index >= 15 is 0 Å². The molecule has 1 aliphatic heterocycles. The second kappa shape index (κ2) is 47.3. The number of amides is 1.